The highest BCUT2D eigenvalue weighted by Crippen LogP contribution is 2.30. The maximum absolute atomic E-state index is 12.9. The zero-order chi connectivity index (χ0) is 19.0. The molecular formula is C22H27NO3. The number of esters is 1. The number of ether oxygens (including phenoxy) is 1. The largest absolute Gasteiger partial charge is 0.464 e. The highest BCUT2D eigenvalue weighted by atomic mass is 16.5. The summed E-state index contributed by atoms with van der Waals surface area (Å²) in [6, 6.07) is 17.5. The lowest BCUT2D eigenvalue weighted by Crippen LogP contribution is -2.54. The first kappa shape index (κ1) is 19.7. The number of aldehydes is 1. The standard InChI is InChI=1S/C22H27NO3/c1-4-22(21(25)26-5-2,23-20-13-11-17(3)12-14-20)19(16-24)15-18-9-7-6-8-10-18/h6-14,16,19,23H,4-5,15H2,1-3H3/t19-,22+/m1/s1. The molecule has 2 aromatic rings. The Hall–Kier alpha value is -2.62. The summed E-state index contributed by atoms with van der Waals surface area (Å²) in [6.45, 7) is 5.95. The average molecular weight is 353 g/mol. The number of hydrogen-bond donors (Lipinski definition) is 1. The van der Waals surface area contributed by atoms with E-state index in [0.29, 0.717) is 12.8 Å². The maximum atomic E-state index is 12.9. The molecule has 2 aromatic carbocycles. The fraction of sp³-hybridized carbons (Fsp3) is 0.364. The first-order valence-electron chi connectivity index (χ1n) is 9.07. The van der Waals surface area contributed by atoms with Crippen LogP contribution in [0.15, 0.2) is 54.6 Å². The van der Waals surface area contributed by atoms with Gasteiger partial charge in [0.05, 0.1) is 12.5 Å². The van der Waals surface area contributed by atoms with Crippen molar-refractivity contribution in [3.8, 4) is 0 Å². The van der Waals surface area contributed by atoms with E-state index in [2.05, 4.69) is 5.32 Å². The second-order valence-corrected chi connectivity index (χ2v) is 6.47. The Kier molecular flexibility index (Phi) is 6.96. The normalized spacial score (nSPS) is 14.1. The lowest BCUT2D eigenvalue weighted by atomic mass is 9.78. The molecule has 26 heavy (non-hydrogen) atoms. The summed E-state index contributed by atoms with van der Waals surface area (Å²) in [5.74, 6) is -0.939. The molecule has 2 rings (SSSR count). The molecule has 0 radical (unpaired) electrons. The number of hydrogen-bond acceptors (Lipinski definition) is 4. The van der Waals surface area contributed by atoms with Crippen LogP contribution in [0.5, 0.6) is 0 Å². The molecule has 0 fully saturated rings. The first-order chi connectivity index (χ1) is 12.6. The predicted octanol–water partition coefficient (Wildman–Crippen LogP) is 4.18. The molecule has 0 saturated carbocycles. The third kappa shape index (κ3) is 4.51. The zero-order valence-corrected chi connectivity index (χ0v) is 15.7. The predicted molar refractivity (Wildman–Crippen MR) is 104 cm³/mol. The van der Waals surface area contributed by atoms with Crippen LogP contribution >= 0.6 is 0 Å². The van der Waals surface area contributed by atoms with Gasteiger partial charge >= 0.3 is 5.97 Å². The number of benzene rings is 2. The van der Waals surface area contributed by atoms with Crippen LogP contribution < -0.4 is 5.32 Å². The van der Waals surface area contributed by atoms with Gasteiger partial charge in [0.2, 0.25) is 0 Å². The summed E-state index contributed by atoms with van der Waals surface area (Å²) in [4.78, 5) is 24.9. The van der Waals surface area contributed by atoms with E-state index >= 15 is 0 Å². The van der Waals surface area contributed by atoms with Gasteiger partial charge in [-0.2, -0.15) is 0 Å². The minimum absolute atomic E-state index is 0.271. The van der Waals surface area contributed by atoms with Gasteiger partial charge in [0.1, 0.15) is 11.8 Å². The number of aryl methyl sites for hydroxylation is 1. The Bertz CT molecular complexity index is 712. The highest BCUT2D eigenvalue weighted by molar-refractivity contribution is 5.88. The number of rotatable bonds is 9. The van der Waals surface area contributed by atoms with Crippen LogP contribution in [0, 0.1) is 12.8 Å². The molecule has 0 aromatic heterocycles. The van der Waals surface area contributed by atoms with Gasteiger partial charge in [-0.1, -0.05) is 55.0 Å². The molecule has 138 valence electrons. The molecule has 4 nitrogen and oxygen atoms in total. The molecular weight excluding hydrogens is 326 g/mol. The van der Waals surface area contributed by atoms with Gasteiger partial charge in [-0.3, -0.25) is 0 Å². The van der Waals surface area contributed by atoms with Crippen molar-refractivity contribution in [1.82, 2.24) is 0 Å². The van der Waals surface area contributed by atoms with Crippen molar-refractivity contribution in [1.29, 1.82) is 0 Å². The summed E-state index contributed by atoms with van der Waals surface area (Å²) in [6.07, 6.45) is 1.78. The molecule has 0 spiro atoms. The Morgan fingerprint density at radius 1 is 1.12 bits per heavy atom. The molecule has 0 aliphatic heterocycles. The fourth-order valence-electron chi connectivity index (χ4n) is 3.15. The Balaban J connectivity index is 2.40. The second kappa shape index (κ2) is 9.18. The molecule has 0 unspecified atom stereocenters. The van der Waals surface area contributed by atoms with Gasteiger partial charge in [0.25, 0.3) is 0 Å². The summed E-state index contributed by atoms with van der Waals surface area (Å²) >= 11 is 0. The molecule has 4 heteroatoms. The molecule has 0 bridgehead atoms. The fourth-order valence-corrected chi connectivity index (χ4v) is 3.15. The number of anilines is 1. The smallest absolute Gasteiger partial charge is 0.332 e. The molecule has 1 N–H and O–H groups in total. The van der Waals surface area contributed by atoms with Crippen molar-refractivity contribution >= 4 is 17.9 Å². The number of nitrogens with one attached hydrogen (secondary N) is 1. The quantitative estimate of drug-likeness (QED) is 0.543. The van der Waals surface area contributed by atoms with Gasteiger partial charge < -0.3 is 14.8 Å². The van der Waals surface area contributed by atoms with E-state index in [1.165, 1.54) is 0 Å². The van der Waals surface area contributed by atoms with Gasteiger partial charge in [0.15, 0.2) is 0 Å². The zero-order valence-electron chi connectivity index (χ0n) is 15.7. The number of carbonyl (C=O) groups excluding carboxylic acids is 2. The van der Waals surface area contributed by atoms with Gasteiger partial charge in [-0.25, -0.2) is 4.79 Å². The Morgan fingerprint density at radius 3 is 2.31 bits per heavy atom. The molecule has 0 saturated heterocycles. The van der Waals surface area contributed by atoms with Gasteiger partial charge in [0, 0.05) is 5.69 Å². The summed E-state index contributed by atoms with van der Waals surface area (Å²) in [5.41, 5.74) is 1.83. The average Bonchev–Trinajstić information content (AvgIpc) is 2.67. The van der Waals surface area contributed by atoms with E-state index in [4.69, 9.17) is 4.74 Å². The Morgan fingerprint density at radius 2 is 1.77 bits per heavy atom. The highest BCUT2D eigenvalue weighted by Gasteiger charge is 2.45. The first-order valence-corrected chi connectivity index (χ1v) is 9.07. The number of carbonyl (C=O) groups is 2. The summed E-state index contributed by atoms with van der Waals surface area (Å²) in [5, 5.41) is 3.32. The lowest BCUT2D eigenvalue weighted by molar-refractivity contribution is -0.152. The van der Waals surface area contributed by atoms with Crippen molar-refractivity contribution in [2.75, 3.05) is 11.9 Å². The van der Waals surface area contributed by atoms with Crippen molar-refractivity contribution < 1.29 is 14.3 Å². The van der Waals surface area contributed by atoms with Crippen molar-refractivity contribution in [3.05, 3.63) is 65.7 Å². The molecule has 2 atom stereocenters. The van der Waals surface area contributed by atoms with Crippen LogP contribution in [0.3, 0.4) is 0 Å². The third-order valence-corrected chi connectivity index (χ3v) is 4.71. The third-order valence-electron chi connectivity index (χ3n) is 4.71. The molecule has 0 aliphatic carbocycles. The molecule has 0 heterocycles. The monoisotopic (exact) mass is 353 g/mol. The van der Waals surface area contributed by atoms with E-state index in [0.717, 1.165) is 23.1 Å². The van der Waals surface area contributed by atoms with E-state index in [1.54, 1.807) is 6.92 Å². The van der Waals surface area contributed by atoms with Crippen molar-refractivity contribution in [2.45, 2.75) is 39.2 Å². The molecule has 0 aliphatic rings. The van der Waals surface area contributed by atoms with Crippen LogP contribution in [0.2, 0.25) is 0 Å². The van der Waals surface area contributed by atoms with Crippen LogP contribution in [-0.2, 0) is 20.7 Å². The van der Waals surface area contributed by atoms with E-state index < -0.39 is 17.4 Å². The van der Waals surface area contributed by atoms with E-state index in [1.807, 2.05) is 68.4 Å². The van der Waals surface area contributed by atoms with Crippen LogP contribution in [0.25, 0.3) is 0 Å². The van der Waals surface area contributed by atoms with Crippen LogP contribution in [0.4, 0.5) is 5.69 Å². The van der Waals surface area contributed by atoms with Crippen molar-refractivity contribution in [3.63, 3.8) is 0 Å². The van der Waals surface area contributed by atoms with E-state index in [9.17, 15) is 9.59 Å². The topological polar surface area (TPSA) is 55.4 Å². The SMILES string of the molecule is CCOC(=O)[C@@](CC)(Nc1ccc(C)cc1)[C@@H](C=O)Cc1ccccc1. The van der Waals surface area contributed by atoms with Gasteiger partial charge in [-0.05, 0) is 44.4 Å². The van der Waals surface area contributed by atoms with Crippen LogP contribution in [-0.4, -0.2) is 24.4 Å². The summed E-state index contributed by atoms with van der Waals surface area (Å²) in [7, 11) is 0. The van der Waals surface area contributed by atoms with E-state index in [-0.39, 0.29) is 6.61 Å². The Labute approximate surface area is 155 Å². The molecule has 0 amide bonds. The van der Waals surface area contributed by atoms with Crippen molar-refractivity contribution in [2.24, 2.45) is 5.92 Å². The minimum atomic E-state index is -1.11. The minimum Gasteiger partial charge on any atom is -0.464 e. The van der Waals surface area contributed by atoms with Crippen LogP contribution in [0.1, 0.15) is 31.4 Å². The lowest BCUT2D eigenvalue weighted by Gasteiger charge is -2.37. The summed E-state index contributed by atoms with van der Waals surface area (Å²) < 4.78 is 5.35. The van der Waals surface area contributed by atoms with Gasteiger partial charge in [-0.15, -0.1) is 0 Å². The maximum Gasteiger partial charge on any atom is 0.332 e. The second-order valence-electron chi connectivity index (χ2n) is 6.47.